The third-order valence-corrected chi connectivity index (χ3v) is 7.68. The first-order valence-electron chi connectivity index (χ1n) is 10.2. The maximum atomic E-state index is 12.2. The van der Waals surface area contributed by atoms with Crippen LogP contribution in [0.4, 0.5) is 0 Å². The minimum absolute atomic E-state index is 0.461. The van der Waals surface area contributed by atoms with Crippen LogP contribution in [-0.4, -0.2) is 30.4 Å². The molecule has 3 aromatic rings. The zero-order valence-corrected chi connectivity index (χ0v) is 21.3. The zero-order valence-electron chi connectivity index (χ0n) is 18.6. The molecule has 0 amide bonds. The zero-order chi connectivity index (χ0) is 24.3. The highest BCUT2D eigenvalue weighted by Gasteiger charge is 2.35. The average molecular weight is 517 g/mol. The molecule has 11 heteroatoms. The molecule has 0 heterocycles. The molecule has 3 rings (SSSR count). The summed E-state index contributed by atoms with van der Waals surface area (Å²) in [6.45, 7) is 0.461. The van der Waals surface area contributed by atoms with Crippen LogP contribution in [0, 0.1) is 0 Å². The van der Waals surface area contributed by atoms with Crippen LogP contribution in [0.2, 0.25) is 0 Å². The molecule has 0 aliphatic carbocycles. The SMILES string of the molecule is COc1ccc(/C=N/N(C)[P+](=S)Oc2ccc(C(NCc3ccccc3)[P+](=O)OO)cc2)cc1. The van der Waals surface area contributed by atoms with Gasteiger partial charge in [0.1, 0.15) is 5.75 Å². The summed E-state index contributed by atoms with van der Waals surface area (Å²) < 4.78 is 29.0. The van der Waals surface area contributed by atoms with Gasteiger partial charge in [0.2, 0.25) is 11.8 Å². The Kier molecular flexibility index (Phi) is 10.0. The van der Waals surface area contributed by atoms with Gasteiger partial charge in [-0.05, 0) is 64.2 Å². The van der Waals surface area contributed by atoms with Crippen LogP contribution in [0.5, 0.6) is 11.5 Å². The van der Waals surface area contributed by atoms with E-state index in [0.29, 0.717) is 17.9 Å². The number of methoxy groups -OCH3 is 1. The van der Waals surface area contributed by atoms with Gasteiger partial charge < -0.3 is 4.74 Å². The van der Waals surface area contributed by atoms with Gasteiger partial charge in [0, 0.05) is 16.8 Å². The van der Waals surface area contributed by atoms with Crippen LogP contribution < -0.4 is 14.6 Å². The molecule has 0 saturated heterocycles. The van der Waals surface area contributed by atoms with Crippen molar-refractivity contribution in [3.63, 3.8) is 0 Å². The number of rotatable bonds is 12. The van der Waals surface area contributed by atoms with E-state index >= 15 is 0 Å². The maximum Gasteiger partial charge on any atom is 0.563 e. The molecule has 8 nitrogen and oxygen atoms in total. The predicted molar refractivity (Wildman–Crippen MR) is 137 cm³/mol. The summed E-state index contributed by atoms with van der Waals surface area (Å²) in [5.41, 5.74) is 2.60. The summed E-state index contributed by atoms with van der Waals surface area (Å²) in [4.78, 5) is 0. The van der Waals surface area contributed by atoms with E-state index in [1.165, 1.54) is 0 Å². The Morgan fingerprint density at radius 2 is 1.71 bits per heavy atom. The Hall–Kier alpha value is -2.77. The Balaban J connectivity index is 1.60. The largest absolute Gasteiger partial charge is 0.563 e. The van der Waals surface area contributed by atoms with Crippen LogP contribution in [0.25, 0.3) is 0 Å². The van der Waals surface area contributed by atoms with E-state index < -0.39 is 20.9 Å². The van der Waals surface area contributed by atoms with Crippen molar-refractivity contribution in [2.45, 2.75) is 12.3 Å². The molecule has 0 aliphatic rings. The number of hydrogen-bond acceptors (Lipinski definition) is 8. The first-order chi connectivity index (χ1) is 16.5. The number of nitrogens with zero attached hydrogens (tertiary/aromatic N) is 2. The fourth-order valence-electron chi connectivity index (χ4n) is 2.91. The van der Waals surface area contributed by atoms with Crippen LogP contribution in [0.1, 0.15) is 22.5 Å². The lowest BCUT2D eigenvalue weighted by Gasteiger charge is -2.09. The van der Waals surface area contributed by atoms with Gasteiger partial charge in [0.15, 0.2) is 5.75 Å². The minimum Gasteiger partial charge on any atom is -0.497 e. The van der Waals surface area contributed by atoms with Crippen molar-refractivity contribution in [2.24, 2.45) is 5.10 Å². The molecule has 34 heavy (non-hydrogen) atoms. The second-order valence-corrected chi connectivity index (χ2v) is 10.5. The number of ether oxygens (including phenoxy) is 1. The van der Waals surface area contributed by atoms with Crippen LogP contribution >= 0.6 is 15.1 Å². The van der Waals surface area contributed by atoms with Gasteiger partial charge in [0.25, 0.3) is 5.78 Å². The van der Waals surface area contributed by atoms with E-state index in [1.807, 2.05) is 54.6 Å². The van der Waals surface area contributed by atoms with Crippen molar-refractivity contribution in [1.29, 1.82) is 0 Å². The van der Waals surface area contributed by atoms with E-state index in [9.17, 15) is 4.57 Å². The normalized spacial score (nSPS) is 12.8. The molecule has 0 bridgehead atoms. The highest BCUT2D eigenvalue weighted by atomic mass is 32.4. The Labute approximate surface area is 205 Å². The van der Waals surface area contributed by atoms with Gasteiger partial charge >= 0.3 is 15.1 Å². The van der Waals surface area contributed by atoms with Gasteiger partial charge in [-0.3, -0.25) is 9.84 Å². The summed E-state index contributed by atoms with van der Waals surface area (Å²) in [6, 6.07) is 24.1. The lowest BCUT2D eigenvalue weighted by Crippen LogP contribution is -2.18. The average Bonchev–Trinajstić information content (AvgIpc) is 2.88. The smallest absolute Gasteiger partial charge is 0.497 e. The van der Waals surface area contributed by atoms with Gasteiger partial charge in [-0.2, -0.15) is 0 Å². The topological polar surface area (TPSA) is 92.6 Å². The molecule has 3 atom stereocenters. The molecule has 2 N–H and O–H groups in total. The van der Waals surface area contributed by atoms with E-state index in [0.717, 1.165) is 16.9 Å². The van der Waals surface area contributed by atoms with Crippen molar-refractivity contribution in [2.75, 3.05) is 14.2 Å². The highest BCUT2D eigenvalue weighted by molar-refractivity contribution is 8.02. The van der Waals surface area contributed by atoms with Crippen molar-refractivity contribution in [3.8, 4) is 11.5 Å². The molecule has 3 aromatic carbocycles. The van der Waals surface area contributed by atoms with E-state index in [4.69, 9.17) is 26.3 Å². The third-order valence-electron chi connectivity index (χ3n) is 4.74. The molecule has 0 fully saturated rings. The Morgan fingerprint density at radius 1 is 1.06 bits per heavy atom. The van der Waals surface area contributed by atoms with Crippen LogP contribution in [0.3, 0.4) is 0 Å². The lowest BCUT2D eigenvalue weighted by atomic mass is 10.2. The third kappa shape index (κ3) is 7.64. The summed E-state index contributed by atoms with van der Waals surface area (Å²) in [7, 11) is -0.457. The summed E-state index contributed by atoms with van der Waals surface area (Å²) in [5, 5.41) is 16.5. The van der Waals surface area contributed by atoms with E-state index in [1.54, 1.807) is 49.4 Å². The number of hydrogen-bond donors (Lipinski definition) is 2. The highest BCUT2D eigenvalue weighted by Crippen LogP contribution is 2.40. The number of hydrazone groups is 1. The van der Waals surface area contributed by atoms with Crippen LogP contribution in [-0.2, 0) is 27.6 Å². The molecular formula is C23H25N3O5P2S+2. The van der Waals surface area contributed by atoms with Gasteiger partial charge in [-0.15, -0.1) is 5.10 Å². The molecule has 0 saturated carbocycles. The van der Waals surface area contributed by atoms with Crippen molar-refractivity contribution >= 4 is 33.1 Å². The Morgan fingerprint density at radius 3 is 2.32 bits per heavy atom. The summed E-state index contributed by atoms with van der Waals surface area (Å²) >= 11 is 5.46. The Bertz CT molecular complexity index is 1120. The van der Waals surface area contributed by atoms with Crippen LogP contribution in [0.15, 0.2) is 84.0 Å². The molecule has 0 aliphatic heterocycles. The van der Waals surface area contributed by atoms with E-state index in [2.05, 4.69) is 15.1 Å². The maximum absolute atomic E-state index is 12.2. The number of benzene rings is 3. The van der Waals surface area contributed by atoms with Crippen molar-refractivity contribution in [1.82, 2.24) is 10.1 Å². The fourth-order valence-corrected chi connectivity index (χ4v) is 4.61. The monoisotopic (exact) mass is 517 g/mol. The van der Waals surface area contributed by atoms with Gasteiger partial charge in [-0.1, -0.05) is 35.1 Å². The van der Waals surface area contributed by atoms with Gasteiger partial charge in [-0.25, -0.2) is 5.26 Å². The standard InChI is InChI=1S/C23H24N3O5P2S/c1-26(25-17-19-8-12-21(29-2)13-9-19)33(34)30-22-14-10-20(11-15-22)23(32(28)31-27)24-16-18-6-4-3-5-7-18/h3-15,17,23-24H,16H2,1-2H3/q+1/p+1/b25-17+. The molecule has 0 radical (unpaired) electrons. The van der Waals surface area contributed by atoms with E-state index in [-0.39, 0.29) is 0 Å². The molecule has 0 aromatic heterocycles. The van der Waals surface area contributed by atoms with Crippen molar-refractivity contribution in [3.05, 3.63) is 95.6 Å². The molecule has 0 spiro atoms. The quantitative estimate of drug-likeness (QED) is 0.134. The predicted octanol–water partition coefficient (Wildman–Crippen LogP) is 5.83. The lowest BCUT2D eigenvalue weighted by molar-refractivity contribution is -0.131. The van der Waals surface area contributed by atoms with Crippen molar-refractivity contribution < 1.29 is 23.8 Å². The second-order valence-electron chi connectivity index (χ2n) is 7.04. The summed E-state index contributed by atoms with van der Waals surface area (Å²) in [5.74, 6) is 0.629. The fraction of sp³-hybridized carbons (Fsp3) is 0.174. The minimum atomic E-state index is -2.38. The number of nitrogens with one attached hydrogen (secondary N) is 1. The first-order valence-corrected chi connectivity index (χ1v) is 13.7. The molecule has 3 unspecified atom stereocenters. The second kappa shape index (κ2) is 13.2. The molecule has 176 valence electrons. The summed E-state index contributed by atoms with van der Waals surface area (Å²) in [6.07, 6.45) is 1.70. The molecular weight excluding hydrogens is 492 g/mol. The van der Waals surface area contributed by atoms with Gasteiger partial charge in [0.05, 0.1) is 20.4 Å². The first kappa shape index (κ1) is 25.8.